The number of carbonyl (C=O) groups is 2. The summed E-state index contributed by atoms with van der Waals surface area (Å²) in [5, 5.41) is 7.74. The smallest absolute Gasteiger partial charge is 0.337 e. The van der Waals surface area contributed by atoms with Crippen LogP contribution in [0, 0.1) is 6.92 Å². The highest BCUT2D eigenvalue weighted by molar-refractivity contribution is 7.92. The summed E-state index contributed by atoms with van der Waals surface area (Å²) < 4.78 is 50.2. The van der Waals surface area contributed by atoms with Crippen molar-refractivity contribution in [3.8, 4) is 17.2 Å². The molecule has 0 saturated heterocycles. The van der Waals surface area contributed by atoms with E-state index in [1.807, 2.05) is 0 Å². The van der Waals surface area contributed by atoms with Crippen molar-refractivity contribution in [1.82, 2.24) is 4.57 Å². The van der Waals surface area contributed by atoms with Crippen LogP contribution in [0.25, 0.3) is 0 Å². The number of carboxylic acids is 1. The second-order valence-corrected chi connectivity index (χ2v) is 9.90. The molecule has 1 atom stereocenters. The Bertz CT molecular complexity index is 1350. The molecule has 0 bridgehead atoms. The standard InChI is InChI=1S/C25H27NO9S/c1-15-6-8-18(9-7-15)36(30,31)24(19-10-17(25(28)29)13-26(19)14-32-2)22(27)16-11-20(33-3)23(35-5)21(12-16)34-4/h6-13,24H,14H2,1-5H3,(H,28,29). The number of sulfone groups is 1. The Labute approximate surface area is 208 Å². The fourth-order valence-corrected chi connectivity index (χ4v) is 5.52. The highest BCUT2D eigenvalue weighted by atomic mass is 32.2. The summed E-state index contributed by atoms with van der Waals surface area (Å²) in [6, 6.07) is 9.90. The highest BCUT2D eigenvalue weighted by Crippen LogP contribution is 2.41. The lowest BCUT2D eigenvalue weighted by Crippen LogP contribution is -2.26. The Balaban J connectivity index is 2.31. The van der Waals surface area contributed by atoms with Gasteiger partial charge < -0.3 is 28.6 Å². The molecule has 0 aliphatic rings. The summed E-state index contributed by atoms with van der Waals surface area (Å²) in [5.74, 6) is -1.55. The van der Waals surface area contributed by atoms with Crippen molar-refractivity contribution in [2.24, 2.45) is 0 Å². The number of nitrogens with zero attached hydrogens (tertiary/aromatic N) is 1. The third-order valence-electron chi connectivity index (χ3n) is 5.56. The molecule has 0 saturated carbocycles. The van der Waals surface area contributed by atoms with E-state index in [0.29, 0.717) is 0 Å². The average Bonchev–Trinajstić information content (AvgIpc) is 3.26. The topological polar surface area (TPSA) is 130 Å². The number of aryl methyl sites for hydroxylation is 1. The van der Waals surface area contributed by atoms with Gasteiger partial charge in [0, 0.05) is 24.6 Å². The van der Waals surface area contributed by atoms with Gasteiger partial charge in [-0.2, -0.15) is 0 Å². The van der Waals surface area contributed by atoms with Crippen molar-refractivity contribution in [3.63, 3.8) is 0 Å². The second kappa shape index (κ2) is 10.8. The number of ketones is 1. The number of carbonyl (C=O) groups excluding carboxylic acids is 1. The molecule has 1 N–H and O–H groups in total. The number of hydrogen-bond donors (Lipinski definition) is 1. The quantitative estimate of drug-likeness (QED) is 0.380. The Kier molecular flexibility index (Phi) is 8.06. The lowest BCUT2D eigenvalue weighted by molar-refractivity contribution is 0.0695. The highest BCUT2D eigenvalue weighted by Gasteiger charge is 2.39. The SMILES string of the molecule is COCn1cc(C(=O)O)cc1C(C(=O)c1cc(OC)c(OC)c(OC)c1)S(=O)(=O)c1ccc(C)cc1. The molecule has 0 aliphatic carbocycles. The molecule has 0 spiro atoms. The zero-order valence-electron chi connectivity index (χ0n) is 20.5. The van der Waals surface area contributed by atoms with Gasteiger partial charge in [-0.3, -0.25) is 4.79 Å². The zero-order chi connectivity index (χ0) is 26.6. The summed E-state index contributed by atoms with van der Waals surface area (Å²) in [6.07, 6.45) is 1.22. The largest absolute Gasteiger partial charge is 0.493 e. The van der Waals surface area contributed by atoms with E-state index in [0.717, 1.165) is 11.6 Å². The summed E-state index contributed by atoms with van der Waals surface area (Å²) in [6.45, 7) is 1.63. The van der Waals surface area contributed by atoms with E-state index >= 15 is 0 Å². The molecule has 0 amide bonds. The first-order chi connectivity index (χ1) is 17.1. The first-order valence-corrected chi connectivity index (χ1v) is 12.2. The van der Waals surface area contributed by atoms with Gasteiger partial charge in [0.15, 0.2) is 32.4 Å². The van der Waals surface area contributed by atoms with Gasteiger partial charge in [-0.15, -0.1) is 0 Å². The monoisotopic (exact) mass is 517 g/mol. The van der Waals surface area contributed by atoms with Crippen LogP contribution in [-0.4, -0.2) is 58.3 Å². The van der Waals surface area contributed by atoms with Gasteiger partial charge >= 0.3 is 5.97 Å². The molecule has 1 aromatic heterocycles. The maximum Gasteiger partial charge on any atom is 0.337 e. The molecule has 192 valence electrons. The molecule has 3 aromatic rings. The number of aromatic carboxylic acids is 1. The summed E-state index contributed by atoms with van der Waals surface area (Å²) >= 11 is 0. The number of hydrogen-bond acceptors (Lipinski definition) is 8. The molecule has 36 heavy (non-hydrogen) atoms. The Morgan fingerprint density at radius 3 is 1.97 bits per heavy atom. The molecular formula is C25H27NO9S. The van der Waals surface area contributed by atoms with Crippen LogP contribution in [-0.2, 0) is 21.3 Å². The van der Waals surface area contributed by atoms with Gasteiger partial charge in [-0.1, -0.05) is 17.7 Å². The second-order valence-electron chi connectivity index (χ2n) is 7.86. The summed E-state index contributed by atoms with van der Waals surface area (Å²) in [5.41, 5.74) is 0.544. The van der Waals surface area contributed by atoms with E-state index in [1.54, 1.807) is 19.1 Å². The molecule has 2 aromatic carbocycles. The van der Waals surface area contributed by atoms with Crippen LogP contribution in [0.5, 0.6) is 17.2 Å². The van der Waals surface area contributed by atoms with Crippen LogP contribution in [0.2, 0.25) is 0 Å². The molecular weight excluding hydrogens is 490 g/mol. The lowest BCUT2D eigenvalue weighted by Gasteiger charge is -2.20. The Morgan fingerprint density at radius 2 is 1.50 bits per heavy atom. The average molecular weight is 518 g/mol. The van der Waals surface area contributed by atoms with Crippen LogP contribution in [0.3, 0.4) is 0 Å². The van der Waals surface area contributed by atoms with E-state index in [4.69, 9.17) is 18.9 Å². The molecule has 1 heterocycles. The number of rotatable bonds is 11. The fraction of sp³-hybridized carbons (Fsp3) is 0.280. The summed E-state index contributed by atoms with van der Waals surface area (Å²) in [7, 11) is 1.15. The van der Waals surface area contributed by atoms with Crippen molar-refractivity contribution in [1.29, 1.82) is 0 Å². The molecule has 1 unspecified atom stereocenters. The van der Waals surface area contributed by atoms with E-state index in [9.17, 15) is 23.1 Å². The third kappa shape index (κ3) is 5.07. The first-order valence-electron chi connectivity index (χ1n) is 10.7. The van der Waals surface area contributed by atoms with Crippen LogP contribution in [0.15, 0.2) is 53.6 Å². The van der Waals surface area contributed by atoms with Gasteiger partial charge in [0.1, 0.15) is 6.73 Å². The number of Topliss-reactive ketones (excluding diaryl/α,β-unsaturated/α-hetero) is 1. The van der Waals surface area contributed by atoms with Gasteiger partial charge in [0.2, 0.25) is 5.75 Å². The van der Waals surface area contributed by atoms with E-state index in [1.165, 1.54) is 63.5 Å². The van der Waals surface area contributed by atoms with E-state index < -0.39 is 26.8 Å². The van der Waals surface area contributed by atoms with Crippen LogP contribution < -0.4 is 14.2 Å². The number of methoxy groups -OCH3 is 4. The molecule has 0 radical (unpaired) electrons. The number of carboxylic acid groups (broad SMARTS) is 1. The normalized spacial score (nSPS) is 12.1. The summed E-state index contributed by atoms with van der Waals surface area (Å²) in [4.78, 5) is 25.6. The van der Waals surface area contributed by atoms with Crippen molar-refractivity contribution in [2.45, 2.75) is 23.8 Å². The lowest BCUT2D eigenvalue weighted by atomic mass is 10.0. The Morgan fingerprint density at radius 1 is 0.917 bits per heavy atom. The van der Waals surface area contributed by atoms with Crippen molar-refractivity contribution in [3.05, 3.63) is 71.0 Å². The van der Waals surface area contributed by atoms with Gasteiger partial charge in [0.25, 0.3) is 0 Å². The predicted molar refractivity (Wildman–Crippen MR) is 130 cm³/mol. The van der Waals surface area contributed by atoms with Crippen LogP contribution in [0.1, 0.15) is 37.2 Å². The fourth-order valence-electron chi connectivity index (χ4n) is 3.79. The minimum Gasteiger partial charge on any atom is -0.493 e. The molecule has 3 rings (SSSR count). The molecule has 0 fully saturated rings. The number of benzene rings is 2. The molecule has 0 aliphatic heterocycles. The van der Waals surface area contributed by atoms with E-state index in [2.05, 4.69) is 0 Å². The maximum atomic E-state index is 14.0. The van der Waals surface area contributed by atoms with Crippen molar-refractivity contribution < 1.29 is 42.1 Å². The van der Waals surface area contributed by atoms with Crippen molar-refractivity contribution in [2.75, 3.05) is 28.4 Å². The maximum absolute atomic E-state index is 14.0. The van der Waals surface area contributed by atoms with Crippen LogP contribution >= 0.6 is 0 Å². The van der Waals surface area contributed by atoms with E-state index in [-0.39, 0.29) is 45.7 Å². The number of aromatic nitrogens is 1. The molecule has 10 nitrogen and oxygen atoms in total. The Hall–Kier alpha value is -3.83. The van der Waals surface area contributed by atoms with Crippen LogP contribution in [0.4, 0.5) is 0 Å². The molecule has 11 heteroatoms. The minimum atomic E-state index is -4.36. The van der Waals surface area contributed by atoms with Gasteiger partial charge in [-0.25, -0.2) is 13.2 Å². The van der Waals surface area contributed by atoms with Gasteiger partial charge in [0.05, 0.1) is 31.8 Å². The number of ether oxygens (including phenoxy) is 4. The van der Waals surface area contributed by atoms with Gasteiger partial charge in [-0.05, 0) is 37.3 Å². The minimum absolute atomic E-state index is 0.0350. The third-order valence-corrected chi connectivity index (χ3v) is 7.57. The van der Waals surface area contributed by atoms with Crippen molar-refractivity contribution >= 4 is 21.6 Å². The first kappa shape index (κ1) is 26.8. The zero-order valence-corrected chi connectivity index (χ0v) is 21.3. The predicted octanol–water partition coefficient (Wildman–Crippen LogP) is 3.52.